The van der Waals surface area contributed by atoms with Crippen molar-refractivity contribution in [3.8, 4) is 5.75 Å². The number of halogens is 2. The lowest BCUT2D eigenvalue weighted by Crippen LogP contribution is -2.46. The molecule has 0 bridgehead atoms. The van der Waals surface area contributed by atoms with Crippen molar-refractivity contribution in [2.45, 2.75) is 38.8 Å². The van der Waals surface area contributed by atoms with Gasteiger partial charge < -0.3 is 10.1 Å². The summed E-state index contributed by atoms with van der Waals surface area (Å²) in [6.07, 6.45) is -2.39. The van der Waals surface area contributed by atoms with E-state index in [4.69, 9.17) is 4.74 Å². The lowest BCUT2D eigenvalue weighted by atomic mass is 10.0. The molecule has 1 N–H and O–H groups in total. The molecule has 0 aromatic heterocycles. The predicted octanol–water partition coefficient (Wildman–Crippen LogP) is 3.08. The second-order valence-corrected chi connectivity index (χ2v) is 6.35. The molecule has 0 amide bonds. The Kier molecular flexibility index (Phi) is 5.17. The molecule has 1 aromatic carbocycles. The SMILES string of the molecule is CC(C)(C)Oc1ccc([C@@H](C(F)F)N2CCNCC2)cc1. The summed E-state index contributed by atoms with van der Waals surface area (Å²) in [6, 6.07) is 6.21. The predicted molar refractivity (Wildman–Crippen MR) is 80.0 cm³/mol. The van der Waals surface area contributed by atoms with E-state index in [1.807, 2.05) is 25.7 Å². The summed E-state index contributed by atoms with van der Waals surface area (Å²) in [4.78, 5) is 1.85. The number of hydrogen-bond donors (Lipinski definition) is 1. The van der Waals surface area contributed by atoms with Crippen LogP contribution in [0.25, 0.3) is 0 Å². The van der Waals surface area contributed by atoms with E-state index in [-0.39, 0.29) is 5.60 Å². The van der Waals surface area contributed by atoms with Gasteiger partial charge in [-0.05, 0) is 38.5 Å². The minimum absolute atomic E-state index is 0.290. The number of alkyl halides is 2. The molecule has 118 valence electrons. The van der Waals surface area contributed by atoms with Crippen molar-refractivity contribution in [1.82, 2.24) is 10.2 Å². The standard InChI is InChI=1S/C16H24F2N2O/c1-16(2,3)21-13-6-4-12(5-7-13)14(15(17)18)20-10-8-19-9-11-20/h4-7,14-15,19H,8-11H2,1-3H3/t14-/m0/s1. The maximum absolute atomic E-state index is 13.4. The number of nitrogens with one attached hydrogen (secondary N) is 1. The lowest BCUT2D eigenvalue weighted by Gasteiger charge is -2.34. The molecule has 1 aromatic rings. The number of hydrogen-bond acceptors (Lipinski definition) is 3. The van der Waals surface area contributed by atoms with E-state index >= 15 is 0 Å². The first-order valence-electron chi connectivity index (χ1n) is 7.39. The largest absolute Gasteiger partial charge is 0.488 e. The highest BCUT2D eigenvalue weighted by atomic mass is 19.3. The Balaban J connectivity index is 2.13. The van der Waals surface area contributed by atoms with Gasteiger partial charge in [-0.25, -0.2) is 8.78 Å². The molecular weight excluding hydrogens is 274 g/mol. The topological polar surface area (TPSA) is 24.5 Å². The summed E-state index contributed by atoms with van der Waals surface area (Å²) < 4.78 is 32.6. The van der Waals surface area contributed by atoms with Crippen molar-refractivity contribution in [1.29, 1.82) is 0 Å². The van der Waals surface area contributed by atoms with Gasteiger partial charge in [-0.3, -0.25) is 4.90 Å². The van der Waals surface area contributed by atoms with Crippen molar-refractivity contribution in [3.05, 3.63) is 29.8 Å². The van der Waals surface area contributed by atoms with Crippen LogP contribution in [0, 0.1) is 0 Å². The van der Waals surface area contributed by atoms with Gasteiger partial charge in [-0.15, -0.1) is 0 Å². The average molecular weight is 298 g/mol. The van der Waals surface area contributed by atoms with Crippen LogP contribution in [0.5, 0.6) is 5.75 Å². The minimum Gasteiger partial charge on any atom is -0.488 e. The Morgan fingerprint density at radius 2 is 1.67 bits per heavy atom. The fourth-order valence-corrected chi connectivity index (χ4v) is 2.56. The van der Waals surface area contributed by atoms with Crippen LogP contribution in [0.15, 0.2) is 24.3 Å². The van der Waals surface area contributed by atoms with Crippen molar-refractivity contribution in [3.63, 3.8) is 0 Å². The summed E-state index contributed by atoms with van der Waals surface area (Å²) in [6.45, 7) is 8.70. The van der Waals surface area contributed by atoms with E-state index in [1.165, 1.54) is 0 Å². The zero-order chi connectivity index (χ0) is 15.5. The summed E-state index contributed by atoms with van der Waals surface area (Å²) in [5, 5.41) is 3.19. The molecule has 21 heavy (non-hydrogen) atoms. The number of benzene rings is 1. The molecule has 0 aliphatic carbocycles. The Labute approximate surface area is 125 Å². The van der Waals surface area contributed by atoms with Crippen LogP contribution in [-0.4, -0.2) is 43.1 Å². The van der Waals surface area contributed by atoms with E-state index < -0.39 is 12.5 Å². The fraction of sp³-hybridized carbons (Fsp3) is 0.625. The summed E-state index contributed by atoms with van der Waals surface area (Å²) >= 11 is 0. The second kappa shape index (κ2) is 6.71. The third kappa shape index (κ3) is 4.64. The van der Waals surface area contributed by atoms with E-state index in [2.05, 4.69) is 5.32 Å². The Bertz CT molecular complexity index is 437. The van der Waals surface area contributed by atoms with Crippen molar-refractivity contribution >= 4 is 0 Å². The Hall–Kier alpha value is -1.20. The van der Waals surface area contributed by atoms with Crippen LogP contribution in [0.1, 0.15) is 32.4 Å². The third-order valence-corrected chi connectivity index (χ3v) is 3.43. The molecule has 2 rings (SSSR count). The van der Waals surface area contributed by atoms with Crippen molar-refractivity contribution in [2.24, 2.45) is 0 Å². The van der Waals surface area contributed by atoms with Crippen molar-refractivity contribution in [2.75, 3.05) is 26.2 Å². The van der Waals surface area contributed by atoms with Gasteiger partial charge in [0.15, 0.2) is 0 Å². The van der Waals surface area contributed by atoms with Crippen LogP contribution in [0.2, 0.25) is 0 Å². The molecule has 0 spiro atoms. The molecule has 5 heteroatoms. The maximum Gasteiger partial charge on any atom is 0.258 e. The van der Waals surface area contributed by atoms with Gasteiger partial charge in [0.25, 0.3) is 6.43 Å². The second-order valence-electron chi connectivity index (χ2n) is 6.35. The zero-order valence-corrected chi connectivity index (χ0v) is 12.9. The first-order chi connectivity index (χ1) is 9.87. The molecular formula is C16H24F2N2O. The van der Waals surface area contributed by atoms with Crippen molar-refractivity contribution < 1.29 is 13.5 Å². The molecule has 0 saturated carbocycles. The molecule has 0 radical (unpaired) electrons. The van der Waals surface area contributed by atoms with Crippen LogP contribution in [-0.2, 0) is 0 Å². The van der Waals surface area contributed by atoms with E-state index in [0.717, 1.165) is 13.1 Å². The highest BCUT2D eigenvalue weighted by Crippen LogP contribution is 2.29. The average Bonchev–Trinajstić information content (AvgIpc) is 2.40. The van der Waals surface area contributed by atoms with Gasteiger partial charge in [0, 0.05) is 26.2 Å². The van der Waals surface area contributed by atoms with Gasteiger partial charge in [0.2, 0.25) is 0 Å². The van der Waals surface area contributed by atoms with Crippen LogP contribution in [0.3, 0.4) is 0 Å². The van der Waals surface area contributed by atoms with Gasteiger partial charge in [-0.1, -0.05) is 12.1 Å². The minimum atomic E-state index is -2.39. The molecule has 3 nitrogen and oxygen atoms in total. The number of piperazine rings is 1. The van der Waals surface area contributed by atoms with Crippen LogP contribution < -0.4 is 10.1 Å². The third-order valence-electron chi connectivity index (χ3n) is 3.43. The maximum atomic E-state index is 13.4. The zero-order valence-electron chi connectivity index (χ0n) is 12.9. The Morgan fingerprint density at radius 1 is 1.10 bits per heavy atom. The molecule has 1 heterocycles. The first-order valence-corrected chi connectivity index (χ1v) is 7.39. The normalized spacial score (nSPS) is 18.8. The van der Waals surface area contributed by atoms with Crippen LogP contribution in [0.4, 0.5) is 8.78 Å². The highest BCUT2D eigenvalue weighted by molar-refractivity contribution is 5.30. The summed E-state index contributed by atoms with van der Waals surface area (Å²) in [5.41, 5.74) is 0.357. The Morgan fingerprint density at radius 3 is 2.14 bits per heavy atom. The molecule has 1 saturated heterocycles. The number of nitrogens with zero attached hydrogens (tertiary/aromatic N) is 1. The monoisotopic (exact) mass is 298 g/mol. The van der Waals surface area contributed by atoms with Gasteiger partial charge in [0.1, 0.15) is 11.4 Å². The lowest BCUT2D eigenvalue weighted by molar-refractivity contribution is 0.0181. The van der Waals surface area contributed by atoms with Crippen LogP contribution >= 0.6 is 0 Å². The molecule has 0 unspecified atom stereocenters. The van der Waals surface area contributed by atoms with Gasteiger partial charge in [-0.2, -0.15) is 0 Å². The summed E-state index contributed by atoms with van der Waals surface area (Å²) in [5.74, 6) is 0.708. The first kappa shape index (κ1) is 16.2. The summed E-state index contributed by atoms with van der Waals surface area (Å²) in [7, 11) is 0. The van der Waals surface area contributed by atoms with E-state index in [0.29, 0.717) is 24.4 Å². The van der Waals surface area contributed by atoms with E-state index in [9.17, 15) is 8.78 Å². The molecule has 1 atom stereocenters. The van der Waals surface area contributed by atoms with E-state index in [1.54, 1.807) is 24.3 Å². The highest BCUT2D eigenvalue weighted by Gasteiger charge is 2.30. The fourth-order valence-electron chi connectivity index (χ4n) is 2.56. The van der Waals surface area contributed by atoms with Gasteiger partial charge in [0.05, 0.1) is 6.04 Å². The molecule has 1 fully saturated rings. The number of rotatable bonds is 4. The van der Waals surface area contributed by atoms with Gasteiger partial charge >= 0.3 is 0 Å². The smallest absolute Gasteiger partial charge is 0.258 e. The molecule has 1 aliphatic rings. The quantitative estimate of drug-likeness (QED) is 0.924. The number of ether oxygens (including phenoxy) is 1. The molecule has 1 aliphatic heterocycles.